The molecule has 0 aliphatic carbocycles. The first kappa shape index (κ1) is 22.5. The van der Waals surface area contributed by atoms with E-state index in [9.17, 15) is 0 Å². The van der Waals surface area contributed by atoms with Crippen LogP contribution < -0.4 is 14.7 Å². The van der Waals surface area contributed by atoms with Crippen molar-refractivity contribution in [3.05, 3.63) is 65.5 Å². The molecule has 32 heavy (non-hydrogen) atoms. The van der Waals surface area contributed by atoms with Crippen molar-refractivity contribution in [2.45, 2.75) is 46.1 Å². The van der Waals surface area contributed by atoms with Crippen LogP contribution in [0.4, 0.5) is 17.1 Å². The van der Waals surface area contributed by atoms with E-state index in [1.54, 1.807) is 0 Å². The summed E-state index contributed by atoms with van der Waals surface area (Å²) in [6.07, 6.45) is 5.11. The van der Waals surface area contributed by atoms with Crippen LogP contribution in [0.5, 0.6) is 0 Å². The van der Waals surface area contributed by atoms with Gasteiger partial charge in [0.05, 0.1) is 16.8 Å². The van der Waals surface area contributed by atoms with Gasteiger partial charge in [-0.2, -0.15) is 5.10 Å². The van der Waals surface area contributed by atoms with Crippen LogP contribution in [-0.4, -0.2) is 43.6 Å². The van der Waals surface area contributed by atoms with E-state index in [2.05, 4.69) is 89.6 Å². The van der Waals surface area contributed by atoms with Crippen molar-refractivity contribution in [2.24, 2.45) is 5.10 Å². The van der Waals surface area contributed by atoms with E-state index < -0.39 is 0 Å². The minimum Gasteiger partial charge on any atom is -0.368 e. The molecule has 6 heteroatoms. The molecule has 1 atom stereocenters. The molecule has 0 amide bonds. The Bertz CT molecular complexity index is 963. The normalized spacial score (nSPS) is 17.4. The van der Waals surface area contributed by atoms with E-state index in [0.29, 0.717) is 6.04 Å². The quantitative estimate of drug-likeness (QED) is 0.519. The van der Waals surface area contributed by atoms with Gasteiger partial charge in [0.25, 0.3) is 0 Å². The molecule has 1 unspecified atom stereocenters. The van der Waals surface area contributed by atoms with Crippen molar-refractivity contribution in [1.82, 2.24) is 5.01 Å². The molecule has 1 saturated heterocycles. The maximum atomic E-state index is 6.60. The highest BCUT2D eigenvalue weighted by Crippen LogP contribution is 2.31. The second-order valence-electron chi connectivity index (χ2n) is 8.65. The largest absolute Gasteiger partial charge is 0.368 e. The summed E-state index contributed by atoms with van der Waals surface area (Å²) in [7, 11) is 0. The molecule has 4 rings (SSSR count). The number of nitrogens with zero attached hydrogens (tertiary/aromatic N) is 5. The van der Waals surface area contributed by atoms with Crippen LogP contribution in [0.2, 0.25) is 5.02 Å². The van der Waals surface area contributed by atoms with Crippen molar-refractivity contribution < 1.29 is 0 Å². The zero-order chi connectivity index (χ0) is 22.7. The summed E-state index contributed by atoms with van der Waals surface area (Å²) in [4.78, 5) is 6.90. The van der Waals surface area contributed by atoms with Gasteiger partial charge in [-0.1, -0.05) is 44.5 Å². The fourth-order valence-corrected chi connectivity index (χ4v) is 4.71. The van der Waals surface area contributed by atoms with Gasteiger partial charge in [0, 0.05) is 37.6 Å². The molecule has 1 fully saturated rings. The second-order valence-corrected chi connectivity index (χ2v) is 9.05. The number of hydrogen-bond donors (Lipinski definition) is 0. The lowest BCUT2D eigenvalue weighted by Crippen LogP contribution is -2.46. The van der Waals surface area contributed by atoms with Crippen LogP contribution in [0.15, 0.2) is 60.0 Å². The van der Waals surface area contributed by atoms with Gasteiger partial charge in [0.2, 0.25) is 0 Å². The first-order valence-electron chi connectivity index (χ1n) is 11.7. The fraction of sp³-hybridized carbons (Fsp3) is 0.423. The molecule has 2 aliphatic rings. The number of rotatable bonds is 7. The van der Waals surface area contributed by atoms with Gasteiger partial charge in [-0.3, -0.25) is 4.90 Å². The number of benzene rings is 2. The number of piperazine rings is 1. The molecule has 0 spiro atoms. The molecule has 2 aliphatic heterocycles. The van der Waals surface area contributed by atoms with E-state index in [1.807, 2.05) is 11.3 Å². The Morgan fingerprint density at radius 3 is 2.25 bits per heavy atom. The summed E-state index contributed by atoms with van der Waals surface area (Å²) in [5.74, 6) is 0.905. The molecule has 170 valence electrons. The zero-order valence-electron chi connectivity index (χ0n) is 19.5. The smallest absolute Gasteiger partial charge is 0.128 e. The highest BCUT2D eigenvalue weighted by Gasteiger charge is 2.25. The topological polar surface area (TPSA) is 25.3 Å². The van der Waals surface area contributed by atoms with Crippen LogP contribution in [0.25, 0.3) is 0 Å². The zero-order valence-corrected chi connectivity index (χ0v) is 20.2. The van der Waals surface area contributed by atoms with Gasteiger partial charge in [-0.25, -0.2) is 5.01 Å². The van der Waals surface area contributed by atoms with Crippen LogP contribution in [-0.2, 0) is 6.42 Å². The molecule has 2 aromatic carbocycles. The summed E-state index contributed by atoms with van der Waals surface area (Å²) < 4.78 is 0. The van der Waals surface area contributed by atoms with E-state index >= 15 is 0 Å². The van der Waals surface area contributed by atoms with Gasteiger partial charge in [0.15, 0.2) is 0 Å². The van der Waals surface area contributed by atoms with Gasteiger partial charge < -0.3 is 9.80 Å². The van der Waals surface area contributed by atoms with E-state index in [1.165, 1.54) is 11.3 Å². The Morgan fingerprint density at radius 2 is 1.62 bits per heavy atom. The first-order valence-corrected chi connectivity index (χ1v) is 12.1. The Balaban J connectivity index is 1.37. The molecule has 0 aromatic heterocycles. The Kier molecular flexibility index (Phi) is 6.95. The standard InChI is InChI=1S/C26H34ClN5/c1-5-7-22-8-13-26(25(27)18-22)30-16-14-29(15-17-30)23-9-11-24(12-10-23)31-19-28-32(21(31)4)20(3)6-2/h8-13,18-20H,4-7,14-17H2,1-3H3. The molecule has 0 N–H and O–H groups in total. The monoisotopic (exact) mass is 451 g/mol. The Labute approximate surface area is 197 Å². The molecule has 0 radical (unpaired) electrons. The predicted octanol–water partition coefficient (Wildman–Crippen LogP) is 5.95. The SMILES string of the molecule is C=C1N(c2ccc(N3CCN(c4ccc(CCC)cc4Cl)CC3)cc2)C=NN1C(C)CC. The minimum atomic E-state index is 0.343. The number of aryl methyl sites for hydroxylation is 1. The number of halogens is 1. The first-order chi connectivity index (χ1) is 15.5. The summed E-state index contributed by atoms with van der Waals surface area (Å²) in [6, 6.07) is 15.6. The number of anilines is 3. The van der Waals surface area contributed by atoms with Crippen molar-refractivity contribution in [2.75, 3.05) is 40.9 Å². The lowest BCUT2D eigenvalue weighted by Gasteiger charge is -2.38. The van der Waals surface area contributed by atoms with E-state index in [0.717, 1.165) is 67.7 Å². The number of hydrogen-bond acceptors (Lipinski definition) is 5. The molecular weight excluding hydrogens is 418 g/mol. The average molecular weight is 452 g/mol. The summed E-state index contributed by atoms with van der Waals surface area (Å²) >= 11 is 6.60. The van der Waals surface area contributed by atoms with Crippen molar-refractivity contribution >= 4 is 35.0 Å². The third kappa shape index (κ3) is 4.58. The van der Waals surface area contributed by atoms with Gasteiger partial charge in [0.1, 0.15) is 12.2 Å². The van der Waals surface area contributed by atoms with Crippen molar-refractivity contribution in [1.29, 1.82) is 0 Å². The van der Waals surface area contributed by atoms with Crippen molar-refractivity contribution in [3.8, 4) is 0 Å². The summed E-state index contributed by atoms with van der Waals surface area (Å²) in [6.45, 7) is 14.7. The molecule has 0 saturated carbocycles. The highest BCUT2D eigenvalue weighted by atomic mass is 35.5. The lowest BCUT2D eigenvalue weighted by atomic mass is 10.1. The third-order valence-corrected chi connectivity index (χ3v) is 6.81. The van der Waals surface area contributed by atoms with Crippen LogP contribution >= 0.6 is 11.6 Å². The summed E-state index contributed by atoms with van der Waals surface area (Å²) in [5, 5.41) is 7.39. The minimum absolute atomic E-state index is 0.343. The van der Waals surface area contributed by atoms with Crippen LogP contribution in [0.1, 0.15) is 39.2 Å². The van der Waals surface area contributed by atoms with E-state index in [-0.39, 0.29) is 0 Å². The van der Waals surface area contributed by atoms with Gasteiger partial charge >= 0.3 is 0 Å². The predicted molar refractivity (Wildman–Crippen MR) is 138 cm³/mol. The lowest BCUT2D eigenvalue weighted by molar-refractivity contribution is 0.286. The van der Waals surface area contributed by atoms with Gasteiger partial charge in [-0.05, 0) is 61.7 Å². The highest BCUT2D eigenvalue weighted by molar-refractivity contribution is 6.33. The molecule has 0 bridgehead atoms. The maximum Gasteiger partial charge on any atom is 0.128 e. The number of hydrazone groups is 1. The van der Waals surface area contributed by atoms with Crippen LogP contribution in [0, 0.1) is 0 Å². The maximum absolute atomic E-state index is 6.60. The Hall–Kier alpha value is -2.66. The molecule has 2 heterocycles. The van der Waals surface area contributed by atoms with Crippen LogP contribution in [0.3, 0.4) is 0 Å². The second kappa shape index (κ2) is 9.86. The van der Waals surface area contributed by atoms with Crippen molar-refractivity contribution in [3.63, 3.8) is 0 Å². The molecular formula is C26H34ClN5. The average Bonchev–Trinajstić information content (AvgIpc) is 3.20. The summed E-state index contributed by atoms with van der Waals surface area (Å²) in [5.41, 5.74) is 4.81. The third-order valence-electron chi connectivity index (χ3n) is 6.51. The molecule has 5 nitrogen and oxygen atoms in total. The fourth-order valence-electron chi connectivity index (χ4n) is 4.39. The van der Waals surface area contributed by atoms with Gasteiger partial charge in [-0.15, -0.1) is 0 Å². The van der Waals surface area contributed by atoms with E-state index in [4.69, 9.17) is 11.6 Å². The Morgan fingerprint density at radius 1 is 0.969 bits per heavy atom. The molecule has 2 aromatic rings.